The van der Waals surface area contributed by atoms with Crippen LogP contribution in [0.5, 0.6) is 0 Å². The second-order valence-electron chi connectivity index (χ2n) is 8.13. The van der Waals surface area contributed by atoms with Crippen molar-refractivity contribution in [2.45, 2.75) is 18.1 Å². The number of halogens is 5. The number of rotatable bonds is 8. The lowest BCUT2D eigenvalue weighted by molar-refractivity contribution is -0.137. The van der Waals surface area contributed by atoms with E-state index in [2.05, 4.69) is 27.2 Å². The Bertz CT molecular complexity index is 1330. The molecular weight excluding hydrogens is 492 g/mol. The zero-order valence-electron chi connectivity index (χ0n) is 18.9. The van der Waals surface area contributed by atoms with Crippen LogP contribution in [-0.2, 0) is 18.1 Å². The van der Waals surface area contributed by atoms with Crippen molar-refractivity contribution in [3.05, 3.63) is 137 Å². The maximum Gasteiger partial charge on any atom is 0.416 e. The first-order valence-electron chi connectivity index (χ1n) is 10.8. The standard InChI is InChI=1S/C27H21ClF4N4/c1-18(35-24-8-5-11-33-17-24)36-26(15-19-6-3-2-4-7-19,25-10-9-22(28)16-34-25)20-12-21(27(30,31)32)14-23(29)13-20/h2-14,16-17,35-36H,1,15H2/t26-/m1/s1. The van der Waals surface area contributed by atoms with Crippen molar-refractivity contribution >= 4 is 17.3 Å². The molecule has 36 heavy (non-hydrogen) atoms. The Balaban J connectivity index is 1.91. The summed E-state index contributed by atoms with van der Waals surface area (Å²) >= 11 is 6.06. The molecule has 0 amide bonds. The fourth-order valence-corrected chi connectivity index (χ4v) is 4.06. The number of anilines is 1. The lowest BCUT2D eigenvalue weighted by Gasteiger charge is -2.37. The number of benzene rings is 2. The Kier molecular flexibility index (Phi) is 7.26. The van der Waals surface area contributed by atoms with Gasteiger partial charge in [-0.1, -0.05) is 48.5 Å². The van der Waals surface area contributed by atoms with Crippen LogP contribution in [0.15, 0.2) is 104 Å². The monoisotopic (exact) mass is 512 g/mol. The van der Waals surface area contributed by atoms with Gasteiger partial charge < -0.3 is 10.6 Å². The molecule has 0 aliphatic rings. The van der Waals surface area contributed by atoms with E-state index < -0.39 is 23.1 Å². The average Bonchev–Trinajstić information content (AvgIpc) is 2.84. The molecule has 2 N–H and O–H groups in total. The van der Waals surface area contributed by atoms with Crippen LogP contribution in [-0.4, -0.2) is 9.97 Å². The van der Waals surface area contributed by atoms with Gasteiger partial charge in [-0.15, -0.1) is 0 Å². The third-order valence-corrected chi connectivity index (χ3v) is 5.74. The molecule has 0 radical (unpaired) electrons. The predicted octanol–water partition coefficient (Wildman–Crippen LogP) is 6.95. The average molecular weight is 513 g/mol. The first-order chi connectivity index (χ1) is 17.2. The zero-order chi connectivity index (χ0) is 25.8. The van der Waals surface area contributed by atoms with Gasteiger partial charge in [0.15, 0.2) is 0 Å². The maximum absolute atomic E-state index is 14.7. The summed E-state index contributed by atoms with van der Waals surface area (Å²) in [5.41, 5.74) is -0.861. The fourth-order valence-electron chi connectivity index (χ4n) is 3.95. The first kappa shape index (κ1) is 25.2. The van der Waals surface area contributed by atoms with Crippen LogP contribution in [0.25, 0.3) is 0 Å². The van der Waals surface area contributed by atoms with Crippen molar-refractivity contribution in [3.63, 3.8) is 0 Å². The molecular formula is C27H21ClF4N4. The van der Waals surface area contributed by atoms with Crippen LogP contribution in [0, 0.1) is 5.82 Å². The van der Waals surface area contributed by atoms with Crippen molar-refractivity contribution < 1.29 is 17.6 Å². The van der Waals surface area contributed by atoms with Crippen LogP contribution in [0.2, 0.25) is 5.02 Å². The molecule has 0 unspecified atom stereocenters. The predicted molar refractivity (Wildman–Crippen MR) is 132 cm³/mol. The quantitative estimate of drug-likeness (QED) is 0.251. The van der Waals surface area contributed by atoms with E-state index in [-0.39, 0.29) is 17.8 Å². The molecule has 0 aliphatic carbocycles. The van der Waals surface area contributed by atoms with Crippen LogP contribution in [0.4, 0.5) is 23.2 Å². The van der Waals surface area contributed by atoms with Crippen molar-refractivity contribution in [1.82, 2.24) is 15.3 Å². The van der Waals surface area contributed by atoms with E-state index in [1.54, 1.807) is 36.7 Å². The number of nitrogens with zero attached hydrogens (tertiary/aromatic N) is 2. The molecule has 0 saturated heterocycles. The molecule has 0 spiro atoms. The third kappa shape index (κ3) is 5.83. The van der Waals surface area contributed by atoms with E-state index in [1.165, 1.54) is 6.20 Å². The van der Waals surface area contributed by atoms with Gasteiger partial charge in [-0.05, 0) is 53.6 Å². The zero-order valence-corrected chi connectivity index (χ0v) is 19.6. The van der Waals surface area contributed by atoms with Gasteiger partial charge in [0.2, 0.25) is 0 Å². The molecule has 0 fully saturated rings. The normalized spacial score (nSPS) is 13.0. The van der Waals surface area contributed by atoms with Gasteiger partial charge in [-0.25, -0.2) is 4.39 Å². The minimum Gasteiger partial charge on any atom is -0.357 e. The highest BCUT2D eigenvalue weighted by Crippen LogP contribution is 2.38. The van der Waals surface area contributed by atoms with E-state index >= 15 is 0 Å². The topological polar surface area (TPSA) is 49.8 Å². The van der Waals surface area contributed by atoms with E-state index in [1.807, 2.05) is 30.3 Å². The second-order valence-corrected chi connectivity index (χ2v) is 8.56. The molecule has 2 aromatic carbocycles. The number of alkyl halides is 3. The van der Waals surface area contributed by atoms with Gasteiger partial charge in [-0.2, -0.15) is 13.2 Å². The van der Waals surface area contributed by atoms with Crippen LogP contribution in [0.1, 0.15) is 22.4 Å². The number of pyridine rings is 2. The smallest absolute Gasteiger partial charge is 0.357 e. The molecule has 0 saturated carbocycles. The van der Waals surface area contributed by atoms with E-state index in [0.29, 0.717) is 22.5 Å². The molecule has 4 rings (SSSR count). The minimum atomic E-state index is -4.76. The highest BCUT2D eigenvalue weighted by atomic mass is 35.5. The van der Waals surface area contributed by atoms with Gasteiger partial charge in [-0.3, -0.25) is 9.97 Å². The molecule has 4 nitrogen and oxygen atoms in total. The lowest BCUT2D eigenvalue weighted by Crippen LogP contribution is -2.47. The summed E-state index contributed by atoms with van der Waals surface area (Å²) in [6, 6.07) is 18.2. The summed E-state index contributed by atoms with van der Waals surface area (Å²) in [6.45, 7) is 4.02. The summed E-state index contributed by atoms with van der Waals surface area (Å²) in [5, 5.41) is 6.61. The summed E-state index contributed by atoms with van der Waals surface area (Å²) in [5.74, 6) is -0.785. The summed E-state index contributed by atoms with van der Waals surface area (Å²) in [7, 11) is 0. The molecule has 2 aromatic heterocycles. The number of hydrogen-bond donors (Lipinski definition) is 2. The molecule has 0 aliphatic heterocycles. The van der Waals surface area contributed by atoms with Crippen LogP contribution in [0.3, 0.4) is 0 Å². The van der Waals surface area contributed by atoms with Gasteiger partial charge >= 0.3 is 6.18 Å². The highest BCUT2D eigenvalue weighted by Gasteiger charge is 2.40. The number of nitrogens with one attached hydrogen (secondary N) is 2. The van der Waals surface area contributed by atoms with Crippen LogP contribution < -0.4 is 10.6 Å². The Hall–Kier alpha value is -3.91. The Morgan fingerprint density at radius 3 is 2.31 bits per heavy atom. The molecule has 0 bridgehead atoms. The van der Waals surface area contributed by atoms with E-state index in [0.717, 1.165) is 17.7 Å². The summed E-state index contributed by atoms with van der Waals surface area (Å²) in [6.07, 6.45) is -0.0788. The number of hydrogen-bond acceptors (Lipinski definition) is 4. The lowest BCUT2D eigenvalue weighted by atomic mass is 9.79. The molecule has 4 aromatic rings. The number of aromatic nitrogens is 2. The second kappa shape index (κ2) is 10.4. The largest absolute Gasteiger partial charge is 0.416 e. The highest BCUT2D eigenvalue weighted by molar-refractivity contribution is 6.30. The third-order valence-electron chi connectivity index (χ3n) is 5.52. The van der Waals surface area contributed by atoms with Gasteiger partial charge in [0.25, 0.3) is 0 Å². The van der Waals surface area contributed by atoms with Gasteiger partial charge in [0.1, 0.15) is 11.4 Å². The maximum atomic E-state index is 14.7. The van der Waals surface area contributed by atoms with Crippen LogP contribution >= 0.6 is 11.6 Å². The van der Waals surface area contributed by atoms with Crippen molar-refractivity contribution in [2.24, 2.45) is 0 Å². The van der Waals surface area contributed by atoms with E-state index in [9.17, 15) is 17.6 Å². The van der Waals surface area contributed by atoms with Crippen molar-refractivity contribution in [3.8, 4) is 0 Å². The van der Waals surface area contributed by atoms with Crippen molar-refractivity contribution in [1.29, 1.82) is 0 Å². The van der Waals surface area contributed by atoms with Gasteiger partial charge in [0.05, 0.1) is 34.0 Å². The first-order valence-corrected chi connectivity index (χ1v) is 11.2. The van der Waals surface area contributed by atoms with Crippen molar-refractivity contribution in [2.75, 3.05) is 5.32 Å². The summed E-state index contributed by atoms with van der Waals surface area (Å²) in [4.78, 5) is 8.47. The van der Waals surface area contributed by atoms with Gasteiger partial charge in [0, 0.05) is 18.8 Å². The Morgan fingerprint density at radius 2 is 1.67 bits per heavy atom. The molecule has 9 heteroatoms. The fraction of sp³-hybridized carbons (Fsp3) is 0.111. The molecule has 1 atom stereocenters. The molecule has 2 heterocycles. The Morgan fingerprint density at radius 1 is 0.917 bits per heavy atom. The SMILES string of the molecule is C=C(Nc1cccnc1)N[C@](Cc1ccccc1)(c1cc(F)cc(C(F)(F)F)c1)c1ccc(Cl)cn1. The minimum absolute atomic E-state index is 0.0163. The van der Waals surface area contributed by atoms with E-state index in [4.69, 9.17) is 11.6 Å². The Labute approximate surface area is 210 Å². The molecule has 184 valence electrons. The summed E-state index contributed by atoms with van der Waals surface area (Å²) < 4.78 is 55.8.